The Hall–Kier alpha value is -3.71. The van der Waals surface area contributed by atoms with Gasteiger partial charge in [0.2, 0.25) is 0 Å². The van der Waals surface area contributed by atoms with Crippen molar-refractivity contribution in [2.45, 2.75) is 33.0 Å². The molecule has 10 nitrogen and oxygen atoms in total. The predicted molar refractivity (Wildman–Crippen MR) is 125 cm³/mol. The van der Waals surface area contributed by atoms with Gasteiger partial charge in [-0.3, -0.25) is 14.7 Å². The van der Waals surface area contributed by atoms with Gasteiger partial charge in [0.1, 0.15) is 0 Å². The number of benzene rings is 1. The molecule has 2 heterocycles. The van der Waals surface area contributed by atoms with Gasteiger partial charge < -0.3 is 26.1 Å². The van der Waals surface area contributed by atoms with Gasteiger partial charge in [-0.2, -0.15) is 18.3 Å². The Bertz CT molecular complexity index is 1200. The number of amides is 2. The van der Waals surface area contributed by atoms with Crippen LogP contribution in [0.4, 0.5) is 13.2 Å². The lowest BCUT2D eigenvalue weighted by Crippen LogP contribution is -2.29. The first-order valence-corrected chi connectivity index (χ1v) is 11.3. The van der Waals surface area contributed by atoms with Crippen LogP contribution in [0.3, 0.4) is 0 Å². The molecule has 0 aliphatic carbocycles. The lowest BCUT2D eigenvalue weighted by atomic mass is 10.0. The molecule has 0 spiro atoms. The van der Waals surface area contributed by atoms with Gasteiger partial charge >= 0.3 is 6.18 Å². The van der Waals surface area contributed by atoms with E-state index in [1.54, 1.807) is 12.1 Å². The number of rotatable bonds is 11. The van der Waals surface area contributed by atoms with Crippen LogP contribution in [-0.4, -0.2) is 58.3 Å². The zero-order valence-corrected chi connectivity index (χ0v) is 19.9. The molecule has 0 aliphatic rings. The highest BCUT2D eigenvalue weighted by atomic mass is 19.4. The standard InChI is InChI=1S/C23H28F3N7O3/c1-3-15-10-14(4-5-16(15)21(34)28-7-9-36-8-6-27)11-30-22(35)20-29-12-17(31-20)18-13(2)32-33-19(18)23(24,25)26/h4-5,10,12H,3,6-9,11,27H2,1-2H3,(H,28,34)(H,29,31)(H,30,35)(H,32,33). The quantitative estimate of drug-likeness (QED) is 0.251. The Labute approximate surface area is 205 Å². The fraction of sp³-hybridized carbons (Fsp3) is 0.391. The Balaban J connectivity index is 1.63. The molecule has 0 fully saturated rings. The minimum Gasteiger partial charge on any atom is -0.378 e. The van der Waals surface area contributed by atoms with Crippen molar-refractivity contribution in [3.63, 3.8) is 0 Å². The smallest absolute Gasteiger partial charge is 0.378 e. The van der Waals surface area contributed by atoms with E-state index in [9.17, 15) is 22.8 Å². The van der Waals surface area contributed by atoms with Gasteiger partial charge in [0.15, 0.2) is 11.5 Å². The van der Waals surface area contributed by atoms with E-state index in [0.29, 0.717) is 38.3 Å². The number of nitrogens with two attached hydrogens (primary N) is 1. The summed E-state index contributed by atoms with van der Waals surface area (Å²) in [6, 6.07) is 5.22. The number of hydrogen-bond acceptors (Lipinski definition) is 6. The van der Waals surface area contributed by atoms with Crippen molar-refractivity contribution < 1.29 is 27.5 Å². The molecule has 3 aromatic rings. The average Bonchev–Trinajstić information content (AvgIpc) is 3.48. The molecule has 0 saturated heterocycles. The third-order valence-electron chi connectivity index (χ3n) is 5.32. The summed E-state index contributed by atoms with van der Waals surface area (Å²) in [6.45, 7) is 5.05. The first-order chi connectivity index (χ1) is 17.2. The second-order valence-corrected chi connectivity index (χ2v) is 7.90. The molecular formula is C23H28F3N7O3. The Morgan fingerprint density at radius 2 is 1.94 bits per heavy atom. The number of H-pyrrole nitrogens is 2. The van der Waals surface area contributed by atoms with Crippen LogP contribution >= 0.6 is 0 Å². The Kier molecular flexibility index (Phi) is 8.83. The average molecular weight is 508 g/mol. The van der Waals surface area contributed by atoms with Crippen LogP contribution in [0.2, 0.25) is 0 Å². The SMILES string of the molecule is CCc1cc(CNC(=O)c2ncc(-c3c(C(F)(F)F)n[nH]c3C)[nH]2)ccc1C(=O)NCCOCCN. The second kappa shape index (κ2) is 11.8. The lowest BCUT2D eigenvalue weighted by Gasteiger charge is -2.12. The lowest BCUT2D eigenvalue weighted by molar-refractivity contribution is -0.140. The topological polar surface area (TPSA) is 151 Å². The number of aryl methyl sites for hydroxylation is 2. The maximum atomic E-state index is 13.2. The first kappa shape index (κ1) is 26.9. The molecule has 3 rings (SSSR count). The number of aromatic nitrogens is 4. The van der Waals surface area contributed by atoms with E-state index >= 15 is 0 Å². The van der Waals surface area contributed by atoms with E-state index in [2.05, 4.69) is 30.8 Å². The number of ether oxygens (including phenoxy) is 1. The minimum absolute atomic E-state index is 0.0239. The van der Waals surface area contributed by atoms with E-state index < -0.39 is 17.8 Å². The van der Waals surface area contributed by atoms with E-state index in [1.807, 2.05) is 13.0 Å². The van der Waals surface area contributed by atoms with Crippen molar-refractivity contribution in [1.82, 2.24) is 30.8 Å². The molecule has 0 atom stereocenters. The zero-order chi connectivity index (χ0) is 26.3. The van der Waals surface area contributed by atoms with E-state index in [1.165, 1.54) is 6.92 Å². The van der Waals surface area contributed by atoms with E-state index in [0.717, 1.165) is 17.3 Å². The van der Waals surface area contributed by atoms with Crippen LogP contribution in [0.25, 0.3) is 11.3 Å². The third-order valence-corrected chi connectivity index (χ3v) is 5.32. The van der Waals surface area contributed by atoms with Crippen molar-refractivity contribution in [1.29, 1.82) is 0 Å². The number of aromatic amines is 2. The van der Waals surface area contributed by atoms with Gasteiger partial charge in [-0.05, 0) is 30.5 Å². The molecule has 36 heavy (non-hydrogen) atoms. The largest absolute Gasteiger partial charge is 0.435 e. The maximum Gasteiger partial charge on any atom is 0.435 e. The van der Waals surface area contributed by atoms with Gasteiger partial charge in [0.05, 0.1) is 30.7 Å². The van der Waals surface area contributed by atoms with Crippen LogP contribution in [0.15, 0.2) is 24.4 Å². The van der Waals surface area contributed by atoms with Gasteiger partial charge in [-0.25, -0.2) is 4.98 Å². The summed E-state index contributed by atoms with van der Waals surface area (Å²) in [5, 5.41) is 11.1. The number of alkyl halides is 3. The van der Waals surface area contributed by atoms with Gasteiger partial charge in [-0.15, -0.1) is 0 Å². The van der Waals surface area contributed by atoms with Crippen LogP contribution in [-0.2, 0) is 23.9 Å². The molecule has 0 unspecified atom stereocenters. The third kappa shape index (κ3) is 6.49. The van der Waals surface area contributed by atoms with Crippen molar-refractivity contribution in [2.75, 3.05) is 26.3 Å². The summed E-state index contributed by atoms with van der Waals surface area (Å²) in [5.41, 5.74) is 6.37. The van der Waals surface area contributed by atoms with E-state index in [4.69, 9.17) is 10.5 Å². The number of nitrogens with zero attached hydrogens (tertiary/aromatic N) is 2. The predicted octanol–water partition coefficient (Wildman–Crippen LogP) is 2.32. The van der Waals surface area contributed by atoms with Crippen LogP contribution in [0, 0.1) is 6.92 Å². The highest BCUT2D eigenvalue weighted by molar-refractivity contribution is 5.96. The highest BCUT2D eigenvalue weighted by Crippen LogP contribution is 2.36. The first-order valence-electron chi connectivity index (χ1n) is 11.3. The molecule has 0 radical (unpaired) electrons. The van der Waals surface area contributed by atoms with Gasteiger partial charge in [0, 0.05) is 30.9 Å². The molecule has 1 aromatic carbocycles. The fourth-order valence-electron chi connectivity index (χ4n) is 3.58. The monoisotopic (exact) mass is 507 g/mol. The summed E-state index contributed by atoms with van der Waals surface area (Å²) >= 11 is 0. The number of carbonyl (C=O) groups is 2. The molecule has 2 amide bonds. The summed E-state index contributed by atoms with van der Waals surface area (Å²) in [5.74, 6) is -0.953. The Morgan fingerprint density at radius 1 is 1.17 bits per heavy atom. The summed E-state index contributed by atoms with van der Waals surface area (Å²) in [6.07, 6.45) is -2.90. The number of hydrogen-bond donors (Lipinski definition) is 5. The summed E-state index contributed by atoms with van der Waals surface area (Å²) < 4.78 is 45.0. The van der Waals surface area contributed by atoms with Crippen molar-refractivity contribution in [2.24, 2.45) is 5.73 Å². The van der Waals surface area contributed by atoms with E-state index in [-0.39, 0.29) is 35.2 Å². The van der Waals surface area contributed by atoms with Crippen molar-refractivity contribution in [3.8, 4) is 11.3 Å². The van der Waals surface area contributed by atoms with Gasteiger partial charge in [-0.1, -0.05) is 19.1 Å². The number of halogens is 3. The number of imidazole rings is 1. The van der Waals surface area contributed by atoms with Crippen molar-refractivity contribution in [3.05, 3.63) is 58.3 Å². The molecule has 13 heteroatoms. The van der Waals surface area contributed by atoms with Crippen molar-refractivity contribution >= 4 is 11.8 Å². The summed E-state index contributed by atoms with van der Waals surface area (Å²) in [4.78, 5) is 31.6. The molecule has 2 aromatic heterocycles. The zero-order valence-electron chi connectivity index (χ0n) is 19.9. The maximum absolute atomic E-state index is 13.2. The van der Waals surface area contributed by atoms with Crippen LogP contribution < -0.4 is 16.4 Å². The normalized spacial score (nSPS) is 11.5. The molecule has 0 aliphatic heterocycles. The molecule has 0 bridgehead atoms. The highest BCUT2D eigenvalue weighted by Gasteiger charge is 2.38. The van der Waals surface area contributed by atoms with Gasteiger partial charge in [0.25, 0.3) is 11.8 Å². The van der Waals surface area contributed by atoms with Crippen LogP contribution in [0.1, 0.15) is 50.4 Å². The van der Waals surface area contributed by atoms with Crippen LogP contribution in [0.5, 0.6) is 0 Å². The second-order valence-electron chi connectivity index (χ2n) is 7.90. The molecular weight excluding hydrogens is 479 g/mol. The molecule has 0 saturated carbocycles. The Morgan fingerprint density at radius 3 is 2.64 bits per heavy atom. The molecule has 6 N–H and O–H groups in total. The minimum atomic E-state index is -4.66. The fourth-order valence-corrected chi connectivity index (χ4v) is 3.58. The number of nitrogens with one attached hydrogen (secondary N) is 4. The molecule has 194 valence electrons. The summed E-state index contributed by atoms with van der Waals surface area (Å²) in [7, 11) is 0. The number of carbonyl (C=O) groups excluding carboxylic acids is 2.